The molecule has 1 rings (SSSR count). The second kappa shape index (κ2) is 4.20. The van der Waals surface area contributed by atoms with Gasteiger partial charge in [-0.25, -0.2) is 4.79 Å². The Labute approximate surface area is 99.9 Å². The highest BCUT2D eigenvalue weighted by atomic mass is 16.4. The Morgan fingerprint density at radius 3 is 2.12 bits per heavy atom. The van der Waals surface area contributed by atoms with Crippen LogP contribution in [-0.4, -0.2) is 22.0 Å². The first-order chi connectivity index (χ1) is 7.64. The molecule has 0 saturated heterocycles. The van der Waals surface area contributed by atoms with Crippen molar-refractivity contribution in [3.63, 3.8) is 0 Å². The van der Waals surface area contributed by atoms with Gasteiger partial charge in [-0.3, -0.25) is 4.79 Å². The lowest BCUT2D eigenvalue weighted by molar-refractivity contribution is -0.131. The average Bonchev–Trinajstić information content (AvgIpc) is 2.18. The van der Waals surface area contributed by atoms with Crippen molar-refractivity contribution in [2.45, 2.75) is 33.1 Å². The van der Waals surface area contributed by atoms with E-state index in [0.29, 0.717) is 11.1 Å². The second-order valence-corrected chi connectivity index (χ2v) is 5.07. The maximum atomic E-state index is 11.4. The molecule has 0 atom stereocenters. The third-order valence-corrected chi connectivity index (χ3v) is 2.56. The summed E-state index contributed by atoms with van der Waals surface area (Å²) in [6, 6.07) is 2.83. The van der Waals surface area contributed by atoms with Gasteiger partial charge in [0.15, 0.2) is 0 Å². The van der Waals surface area contributed by atoms with E-state index in [1.54, 1.807) is 6.92 Å². The highest BCUT2D eigenvalue weighted by Gasteiger charge is 2.23. The third-order valence-electron chi connectivity index (χ3n) is 2.56. The number of phenolic OH excluding ortho intramolecular Hbond substituents is 1. The normalized spacial score (nSPS) is 11.3. The number of ketones is 1. The number of carboxylic acid groups (broad SMARTS) is 1. The minimum Gasteiger partial charge on any atom is -0.507 e. The molecule has 0 fully saturated rings. The zero-order valence-electron chi connectivity index (χ0n) is 10.4. The van der Waals surface area contributed by atoms with Gasteiger partial charge in [0.05, 0.1) is 0 Å². The van der Waals surface area contributed by atoms with Crippen LogP contribution in [0.15, 0.2) is 12.1 Å². The van der Waals surface area contributed by atoms with Crippen LogP contribution in [0.3, 0.4) is 0 Å². The number of carbonyl (C=O) groups is 2. The van der Waals surface area contributed by atoms with Crippen molar-refractivity contribution in [3.05, 3.63) is 28.8 Å². The Balaban J connectivity index is 3.44. The number of aryl methyl sites for hydroxylation is 1. The van der Waals surface area contributed by atoms with Crippen molar-refractivity contribution in [2.24, 2.45) is 0 Å². The van der Waals surface area contributed by atoms with E-state index in [-0.39, 0.29) is 16.7 Å². The number of phenols is 1. The predicted molar refractivity (Wildman–Crippen MR) is 63.5 cm³/mol. The maximum Gasteiger partial charge on any atom is 0.377 e. The molecule has 92 valence electrons. The highest BCUT2D eigenvalue weighted by Crippen LogP contribution is 2.34. The zero-order chi connectivity index (χ0) is 13.4. The molecule has 0 heterocycles. The Morgan fingerprint density at radius 1 is 1.18 bits per heavy atom. The summed E-state index contributed by atoms with van der Waals surface area (Å²) in [6.45, 7) is 7.30. The molecule has 4 nitrogen and oxygen atoms in total. The maximum absolute atomic E-state index is 11.4. The van der Waals surface area contributed by atoms with Crippen molar-refractivity contribution in [1.29, 1.82) is 0 Å². The Bertz CT molecular complexity index is 481. The van der Waals surface area contributed by atoms with Crippen LogP contribution in [0.5, 0.6) is 5.75 Å². The van der Waals surface area contributed by atoms with E-state index in [1.165, 1.54) is 12.1 Å². The standard InChI is InChI=1S/C13H16O4/c1-7-5-8(11(15)12(16)17)6-9(10(7)14)13(2,3)4/h5-6,14H,1-4H3,(H,16,17). The van der Waals surface area contributed by atoms with Crippen LogP contribution in [0.25, 0.3) is 0 Å². The van der Waals surface area contributed by atoms with Crippen LogP contribution >= 0.6 is 0 Å². The summed E-state index contributed by atoms with van der Waals surface area (Å²) in [4.78, 5) is 22.1. The first-order valence-corrected chi connectivity index (χ1v) is 5.26. The van der Waals surface area contributed by atoms with E-state index in [0.717, 1.165) is 0 Å². The van der Waals surface area contributed by atoms with Crippen LogP contribution in [0, 0.1) is 6.92 Å². The number of carboxylic acids is 1. The minimum absolute atomic E-state index is 0.0951. The molecule has 0 aliphatic heterocycles. The molecule has 2 N–H and O–H groups in total. The molecule has 4 heteroatoms. The van der Waals surface area contributed by atoms with E-state index in [4.69, 9.17) is 5.11 Å². The van der Waals surface area contributed by atoms with Gasteiger partial charge in [-0.05, 0) is 30.0 Å². The summed E-state index contributed by atoms with van der Waals surface area (Å²) < 4.78 is 0. The number of Topliss-reactive ketones (excluding diaryl/α,β-unsaturated/α-hetero) is 1. The summed E-state index contributed by atoms with van der Waals surface area (Å²) in [5, 5.41) is 18.6. The van der Waals surface area contributed by atoms with Gasteiger partial charge in [-0.15, -0.1) is 0 Å². The molecule has 0 spiro atoms. The van der Waals surface area contributed by atoms with Gasteiger partial charge in [0.2, 0.25) is 0 Å². The Morgan fingerprint density at radius 2 is 1.71 bits per heavy atom. The molecule has 0 aliphatic carbocycles. The quantitative estimate of drug-likeness (QED) is 0.610. The fraction of sp³-hybridized carbons (Fsp3) is 0.385. The molecule has 0 bridgehead atoms. The molecule has 0 saturated carbocycles. The van der Waals surface area contributed by atoms with E-state index >= 15 is 0 Å². The molecule has 17 heavy (non-hydrogen) atoms. The highest BCUT2D eigenvalue weighted by molar-refractivity contribution is 6.39. The minimum atomic E-state index is -1.49. The SMILES string of the molecule is Cc1cc(C(=O)C(=O)O)cc(C(C)(C)C)c1O. The average molecular weight is 236 g/mol. The molecule has 0 radical (unpaired) electrons. The van der Waals surface area contributed by atoms with E-state index in [9.17, 15) is 14.7 Å². The first-order valence-electron chi connectivity index (χ1n) is 5.26. The molecule has 1 aromatic rings. The van der Waals surface area contributed by atoms with Gasteiger partial charge in [0, 0.05) is 11.1 Å². The van der Waals surface area contributed by atoms with Crippen molar-refractivity contribution in [3.8, 4) is 5.75 Å². The lowest BCUT2D eigenvalue weighted by Crippen LogP contribution is -2.17. The Hall–Kier alpha value is -1.84. The summed E-state index contributed by atoms with van der Waals surface area (Å²) in [5.41, 5.74) is 0.811. The summed E-state index contributed by atoms with van der Waals surface area (Å²) in [5.74, 6) is -2.34. The molecule has 0 aliphatic rings. The monoisotopic (exact) mass is 236 g/mol. The Kier molecular flexibility index (Phi) is 3.27. The number of carbonyl (C=O) groups excluding carboxylic acids is 1. The van der Waals surface area contributed by atoms with Crippen LogP contribution in [0.2, 0.25) is 0 Å². The van der Waals surface area contributed by atoms with Gasteiger partial charge in [0.25, 0.3) is 5.78 Å². The number of rotatable bonds is 2. The zero-order valence-corrected chi connectivity index (χ0v) is 10.4. The van der Waals surface area contributed by atoms with Crippen LogP contribution in [0.4, 0.5) is 0 Å². The van der Waals surface area contributed by atoms with Gasteiger partial charge in [-0.1, -0.05) is 20.8 Å². The topological polar surface area (TPSA) is 74.6 Å². The molecule has 0 amide bonds. The van der Waals surface area contributed by atoms with Crippen molar-refractivity contribution in [1.82, 2.24) is 0 Å². The molecular weight excluding hydrogens is 220 g/mol. The number of aromatic hydroxyl groups is 1. The predicted octanol–water partition coefficient (Wildman–Crippen LogP) is 2.27. The number of hydrogen-bond donors (Lipinski definition) is 2. The van der Waals surface area contributed by atoms with Crippen LogP contribution < -0.4 is 0 Å². The number of hydrogen-bond acceptors (Lipinski definition) is 3. The van der Waals surface area contributed by atoms with E-state index < -0.39 is 11.8 Å². The summed E-state index contributed by atoms with van der Waals surface area (Å²) >= 11 is 0. The fourth-order valence-electron chi connectivity index (χ4n) is 1.61. The van der Waals surface area contributed by atoms with E-state index in [2.05, 4.69) is 0 Å². The summed E-state index contributed by atoms with van der Waals surface area (Å²) in [6.07, 6.45) is 0. The molecule has 0 unspecified atom stereocenters. The van der Waals surface area contributed by atoms with Crippen LogP contribution in [-0.2, 0) is 10.2 Å². The van der Waals surface area contributed by atoms with Gasteiger partial charge in [0.1, 0.15) is 5.75 Å². The number of aliphatic carboxylic acids is 1. The van der Waals surface area contributed by atoms with Crippen LogP contribution in [0.1, 0.15) is 42.3 Å². The molecular formula is C13H16O4. The fourth-order valence-corrected chi connectivity index (χ4v) is 1.61. The second-order valence-electron chi connectivity index (χ2n) is 5.07. The third kappa shape index (κ3) is 2.64. The van der Waals surface area contributed by atoms with Gasteiger partial charge in [-0.2, -0.15) is 0 Å². The van der Waals surface area contributed by atoms with E-state index in [1.807, 2.05) is 20.8 Å². The van der Waals surface area contributed by atoms with Crippen molar-refractivity contribution in [2.75, 3.05) is 0 Å². The number of benzene rings is 1. The molecule has 0 aromatic heterocycles. The van der Waals surface area contributed by atoms with Crippen molar-refractivity contribution < 1.29 is 19.8 Å². The van der Waals surface area contributed by atoms with Gasteiger partial charge >= 0.3 is 5.97 Å². The van der Waals surface area contributed by atoms with Gasteiger partial charge < -0.3 is 10.2 Å². The largest absolute Gasteiger partial charge is 0.507 e. The smallest absolute Gasteiger partial charge is 0.377 e. The van der Waals surface area contributed by atoms with Crippen molar-refractivity contribution >= 4 is 11.8 Å². The lowest BCUT2D eigenvalue weighted by atomic mass is 9.83. The first kappa shape index (κ1) is 13.2. The molecule has 1 aromatic carbocycles. The lowest BCUT2D eigenvalue weighted by Gasteiger charge is -2.22. The summed E-state index contributed by atoms with van der Waals surface area (Å²) in [7, 11) is 0.